The average Bonchev–Trinajstić information content (AvgIpc) is 2.49. The Morgan fingerprint density at radius 1 is 1.04 bits per heavy atom. The number of halogens is 4. The first-order valence-electron chi connectivity index (χ1n) is 6.80. The van der Waals surface area contributed by atoms with Crippen molar-refractivity contribution in [3.8, 4) is 0 Å². The zero-order valence-corrected chi connectivity index (χ0v) is 12.2. The Labute approximate surface area is 130 Å². The highest BCUT2D eigenvalue weighted by Crippen LogP contribution is 2.19. The summed E-state index contributed by atoms with van der Waals surface area (Å²) in [7, 11) is 0. The fourth-order valence-corrected chi connectivity index (χ4v) is 2.01. The molecule has 0 aliphatic heterocycles. The van der Waals surface area contributed by atoms with E-state index in [1.807, 2.05) is 0 Å². The summed E-state index contributed by atoms with van der Waals surface area (Å²) in [5.41, 5.74) is -0.365. The largest absolute Gasteiger partial charge is 0.320 e. The van der Waals surface area contributed by atoms with Gasteiger partial charge in [0.2, 0.25) is 5.91 Å². The van der Waals surface area contributed by atoms with Gasteiger partial charge >= 0.3 is 0 Å². The summed E-state index contributed by atoms with van der Waals surface area (Å²) in [5.74, 6) is -3.92. The molecule has 1 atom stereocenters. The monoisotopic (exact) mass is 326 g/mol. The van der Waals surface area contributed by atoms with Crippen molar-refractivity contribution in [1.29, 1.82) is 0 Å². The van der Waals surface area contributed by atoms with Crippen LogP contribution in [0, 0.1) is 23.3 Å². The van der Waals surface area contributed by atoms with E-state index in [1.165, 1.54) is 12.1 Å². The SMILES string of the molecule is C[C@@H](NCC(=O)Nc1c(F)cccc1F)c1ccc(F)cc1F. The summed E-state index contributed by atoms with van der Waals surface area (Å²) in [6.07, 6.45) is 0. The van der Waals surface area contributed by atoms with Gasteiger partial charge in [-0.3, -0.25) is 4.79 Å². The number of rotatable bonds is 5. The van der Waals surface area contributed by atoms with Crippen molar-refractivity contribution in [2.24, 2.45) is 0 Å². The maximum Gasteiger partial charge on any atom is 0.238 e. The normalized spacial score (nSPS) is 12.0. The third kappa shape index (κ3) is 4.29. The lowest BCUT2D eigenvalue weighted by atomic mass is 10.1. The first-order chi connectivity index (χ1) is 10.9. The van der Waals surface area contributed by atoms with Crippen LogP contribution in [0.1, 0.15) is 18.5 Å². The number of nitrogens with one attached hydrogen (secondary N) is 2. The topological polar surface area (TPSA) is 41.1 Å². The van der Waals surface area contributed by atoms with Crippen LogP contribution < -0.4 is 10.6 Å². The van der Waals surface area contributed by atoms with Gasteiger partial charge in [-0.1, -0.05) is 12.1 Å². The molecule has 122 valence electrons. The van der Waals surface area contributed by atoms with Gasteiger partial charge in [0.25, 0.3) is 0 Å². The lowest BCUT2D eigenvalue weighted by molar-refractivity contribution is -0.115. The van der Waals surface area contributed by atoms with Crippen LogP contribution >= 0.6 is 0 Å². The number of carbonyl (C=O) groups is 1. The molecule has 0 spiro atoms. The van der Waals surface area contributed by atoms with Crippen LogP contribution in [0.3, 0.4) is 0 Å². The van der Waals surface area contributed by atoms with Crippen LogP contribution in [-0.2, 0) is 4.79 Å². The van der Waals surface area contributed by atoms with Crippen LogP contribution in [-0.4, -0.2) is 12.5 Å². The predicted molar refractivity (Wildman–Crippen MR) is 77.8 cm³/mol. The van der Waals surface area contributed by atoms with Gasteiger partial charge in [-0.05, 0) is 25.1 Å². The summed E-state index contributed by atoms with van der Waals surface area (Å²) in [4.78, 5) is 11.7. The van der Waals surface area contributed by atoms with E-state index in [2.05, 4.69) is 10.6 Å². The molecule has 0 heterocycles. The number of benzene rings is 2. The van der Waals surface area contributed by atoms with E-state index in [4.69, 9.17) is 0 Å². The van der Waals surface area contributed by atoms with Gasteiger partial charge in [-0.15, -0.1) is 0 Å². The highest BCUT2D eigenvalue weighted by atomic mass is 19.1. The molecule has 1 amide bonds. The molecule has 0 unspecified atom stereocenters. The lowest BCUT2D eigenvalue weighted by Gasteiger charge is -2.15. The molecule has 3 nitrogen and oxygen atoms in total. The molecule has 0 aliphatic carbocycles. The highest BCUT2D eigenvalue weighted by molar-refractivity contribution is 5.92. The van der Waals surface area contributed by atoms with Gasteiger partial charge in [0, 0.05) is 17.7 Å². The number of amides is 1. The summed E-state index contributed by atoms with van der Waals surface area (Å²) in [5, 5.41) is 4.80. The molecule has 0 aliphatic rings. The van der Waals surface area contributed by atoms with Gasteiger partial charge in [0.05, 0.1) is 6.54 Å². The van der Waals surface area contributed by atoms with Gasteiger partial charge < -0.3 is 10.6 Å². The molecule has 23 heavy (non-hydrogen) atoms. The van der Waals surface area contributed by atoms with E-state index in [0.29, 0.717) is 0 Å². The average molecular weight is 326 g/mol. The highest BCUT2D eigenvalue weighted by Gasteiger charge is 2.15. The van der Waals surface area contributed by atoms with E-state index in [-0.39, 0.29) is 12.1 Å². The number of anilines is 1. The number of para-hydroxylation sites is 1. The Balaban J connectivity index is 1.96. The second-order valence-electron chi connectivity index (χ2n) is 4.91. The molecular formula is C16H14F4N2O. The standard InChI is InChI=1S/C16H14F4N2O/c1-9(11-6-5-10(17)7-14(11)20)21-8-15(23)22-16-12(18)3-2-4-13(16)19/h2-7,9,21H,8H2,1H3,(H,22,23)/t9-/m1/s1. The summed E-state index contributed by atoms with van der Waals surface area (Å²) >= 11 is 0. The minimum absolute atomic E-state index is 0.177. The minimum atomic E-state index is -0.893. The summed E-state index contributed by atoms with van der Waals surface area (Å²) < 4.78 is 53.3. The van der Waals surface area contributed by atoms with Crippen molar-refractivity contribution in [1.82, 2.24) is 5.32 Å². The number of hydrogen-bond acceptors (Lipinski definition) is 2. The molecular weight excluding hydrogens is 312 g/mol. The lowest BCUT2D eigenvalue weighted by Crippen LogP contribution is -2.31. The van der Waals surface area contributed by atoms with E-state index >= 15 is 0 Å². The fraction of sp³-hybridized carbons (Fsp3) is 0.188. The first-order valence-corrected chi connectivity index (χ1v) is 6.80. The van der Waals surface area contributed by atoms with Gasteiger partial charge in [0.15, 0.2) is 0 Å². The molecule has 7 heteroatoms. The molecule has 0 bridgehead atoms. The molecule has 2 rings (SSSR count). The van der Waals surface area contributed by atoms with Crippen molar-refractivity contribution < 1.29 is 22.4 Å². The molecule has 0 aromatic heterocycles. The van der Waals surface area contributed by atoms with Crippen molar-refractivity contribution >= 4 is 11.6 Å². The first kappa shape index (κ1) is 17.0. The number of hydrogen-bond donors (Lipinski definition) is 2. The van der Waals surface area contributed by atoms with E-state index < -0.39 is 40.9 Å². The van der Waals surface area contributed by atoms with Gasteiger partial charge in [-0.2, -0.15) is 0 Å². The Hall–Kier alpha value is -2.41. The van der Waals surface area contributed by atoms with E-state index in [9.17, 15) is 22.4 Å². The molecule has 0 saturated heterocycles. The van der Waals surface area contributed by atoms with Gasteiger partial charge in [-0.25, -0.2) is 17.6 Å². The molecule has 2 N–H and O–H groups in total. The number of carbonyl (C=O) groups excluding carboxylic acids is 1. The maximum absolute atomic E-state index is 13.6. The minimum Gasteiger partial charge on any atom is -0.320 e. The molecule has 0 fully saturated rings. The second-order valence-corrected chi connectivity index (χ2v) is 4.91. The molecule has 2 aromatic rings. The Morgan fingerprint density at radius 3 is 2.30 bits per heavy atom. The van der Waals surface area contributed by atoms with Crippen LogP contribution in [0.2, 0.25) is 0 Å². The maximum atomic E-state index is 13.6. The Morgan fingerprint density at radius 2 is 1.70 bits per heavy atom. The van der Waals surface area contributed by atoms with Gasteiger partial charge in [0.1, 0.15) is 29.0 Å². The van der Waals surface area contributed by atoms with Crippen LogP contribution in [0.15, 0.2) is 36.4 Å². The third-order valence-corrected chi connectivity index (χ3v) is 3.22. The summed E-state index contributed by atoms with van der Waals surface area (Å²) in [6, 6.07) is 5.72. The zero-order valence-electron chi connectivity index (χ0n) is 12.2. The molecule has 0 saturated carbocycles. The van der Waals surface area contributed by atoms with Crippen LogP contribution in [0.5, 0.6) is 0 Å². The third-order valence-electron chi connectivity index (χ3n) is 3.22. The fourth-order valence-electron chi connectivity index (χ4n) is 2.01. The Kier molecular flexibility index (Phi) is 5.33. The van der Waals surface area contributed by atoms with Crippen molar-refractivity contribution in [2.75, 3.05) is 11.9 Å². The van der Waals surface area contributed by atoms with Crippen molar-refractivity contribution in [3.05, 3.63) is 65.2 Å². The van der Waals surface area contributed by atoms with Crippen molar-refractivity contribution in [3.63, 3.8) is 0 Å². The summed E-state index contributed by atoms with van der Waals surface area (Å²) in [6.45, 7) is 1.28. The van der Waals surface area contributed by atoms with E-state index in [1.54, 1.807) is 6.92 Å². The zero-order chi connectivity index (χ0) is 17.0. The Bertz CT molecular complexity index is 701. The smallest absolute Gasteiger partial charge is 0.238 e. The molecule has 0 radical (unpaired) electrons. The van der Waals surface area contributed by atoms with Crippen LogP contribution in [0.4, 0.5) is 23.2 Å². The van der Waals surface area contributed by atoms with Crippen molar-refractivity contribution in [2.45, 2.75) is 13.0 Å². The molecule has 2 aromatic carbocycles. The second kappa shape index (κ2) is 7.23. The quantitative estimate of drug-likeness (QED) is 0.825. The van der Waals surface area contributed by atoms with E-state index in [0.717, 1.165) is 24.3 Å². The van der Waals surface area contributed by atoms with Crippen LogP contribution in [0.25, 0.3) is 0 Å². The predicted octanol–water partition coefficient (Wildman–Crippen LogP) is 3.53.